The van der Waals surface area contributed by atoms with Crippen LogP contribution in [0.25, 0.3) is 0 Å². The van der Waals surface area contributed by atoms with Crippen LogP contribution >= 0.6 is 11.8 Å². The predicted octanol–water partition coefficient (Wildman–Crippen LogP) is 2.73. The summed E-state index contributed by atoms with van der Waals surface area (Å²) in [4.78, 5) is 14.4. The predicted molar refractivity (Wildman–Crippen MR) is 91.8 cm³/mol. The van der Waals surface area contributed by atoms with Crippen molar-refractivity contribution < 1.29 is 4.79 Å². The van der Waals surface area contributed by atoms with Crippen molar-refractivity contribution in [3.63, 3.8) is 0 Å². The largest absolute Gasteiger partial charge is 0.399 e. The zero-order valence-corrected chi connectivity index (χ0v) is 13.9. The number of carbonyl (C=O) groups is 1. The maximum Gasteiger partial charge on any atom is 0.238 e. The van der Waals surface area contributed by atoms with Crippen LogP contribution in [0, 0.1) is 6.92 Å². The summed E-state index contributed by atoms with van der Waals surface area (Å²) in [6.45, 7) is 8.92. The van der Waals surface area contributed by atoms with Gasteiger partial charge in [0.15, 0.2) is 0 Å². The van der Waals surface area contributed by atoms with Crippen molar-refractivity contribution in [1.29, 1.82) is 0 Å². The fourth-order valence-electron chi connectivity index (χ4n) is 2.44. The van der Waals surface area contributed by atoms with E-state index >= 15 is 0 Å². The SMILES string of the molecule is Cc1cc(N)ccc1NC(=O)CN1CCSC(C)(C)CC1. The summed E-state index contributed by atoms with van der Waals surface area (Å²) in [5.74, 6) is 1.13. The maximum absolute atomic E-state index is 12.2. The number of benzene rings is 1. The maximum atomic E-state index is 12.2. The number of nitrogens with two attached hydrogens (primary N) is 1. The molecule has 0 bridgehead atoms. The molecule has 0 spiro atoms. The number of rotatable bonds is 3. The minimum Gasteiger partial charge on any atom is -0.399 e. The molecule has 0 radical (unpaired) electrons. The van der Waals surface area contributed by atoms with E-state index in [1.165, 1.54) is 0 Å². The van der Waals surface area contributed by atoms with Gasteiger partial charge in [-0.2, -0.15) is 11.8 Å². The summed E-state index contributed by atoms with van der Waals surface area (Å²) < 4.78 is 0.318. The molecule has 1 aromatic carbocycles. The van der Waals surface area contributed by atoms with E-state index in [1.807, 2.05) is 36.9 Å². The van der Waals surface area contributed by atoms with Gasteiger partial charge in [0.1, 0.15) is 0 Å². The molecular formula is C16H25N3OS. The van der Waals surface area contributed by atoms with Gasteiger partial charge in [0, 0.05) is 35.0 Å². The van der Waals surface area contributed by atoms with Crippen LogP contribution in [0.1, 0.15) is 25.8 Å². The van der Waals surface area contributed by atoms with Gasteiger partial charge in [-0.15, -0.1) is 0 Å². The molecule has 1 amide bonds. The molecule has 1 aliphatic heterocycles. The Bertz CT molecular complexity index is 516. The lowest BCUT2D eigenvalue weighted by Crippen LogP contribution is -2.35. The number of hydrogen-bond donors (Lipinski definition) is 2. The van der Waals surface area contributed by atoms with Crippen molar-refractivity contribution in [3.05, 3.63) is 23.8 Å². The van der Waals surface area contributed by atoms with Gasteiger partial charge in [0.25, 0.3) is 0 Å². The Hall–Kier alpha value is -1.20. The second-order valence-corrected chi connectivity index (χ2v) is 8.06. The summed E-state index contributed by atoms with van der Waals surface area (Å²) in [6, 6.07) is 5.55. The molecule has 3 N–H and O–H groups in total. The molecule has 0 saturated carbocycles. The molecule has 116 valence electrons. The van der Waals surface area contributed by atoms with E-state index in [0.717, 1.165) is 42.2 Å². The third-order valence-corrected chi connectivity index (χ3v) is 5.19. The summed E-state index contributed by atoms with van der Waals surface area (Å²) in [6.07, 6.45) is 1.12. The van der Waals surface area contributed by atoms with Crippen molar-refractivity contribution in [3.8, 4) is 0 Å². The van der Waals surface area contributed by atoms with Gasteiger partial charge in [-0.3, -0.25) is 9.69 Å². The van der Waals surface area contributed by atoms with E-state index in [4.69, 9.17) is 5.73 Å². The zero-order valence-electron chi connectivity index (χ0n) is 13.1. The van der Waals surface area contributed by atoms with Crippen LogP contribution < -0.4 is 11.1 Å². The number of hydrogen-bond acceptors (Lipinski definition) is 4. The molecule has 4 nitrogen and oxygen atoms in total. The highest BCUT2D eigenvalue weighted by molar-refractivity contribution is 8.00. The van der Waals surface area contributed by atoms with Gasteiger partial charge in [-0.25, -0.2) is 0 Å². The van der Waals surface area contributed by atoms with E-state index in [1.54, 1.807) is 0 Å². The van der Waals surface area contributed by atoms with E-state index in [-0.39, 0.29) is 5.91 Å². The lowest BCUT2D eigenvalue weighted by molar-refractivity contribution is -0.117. The number of amides is 1. The van der Waals surface area contributed by atoms with E-state index < -0.39 is 0 Å². The summed E-state index contributed by atoms with van der Waals surface area (Å²) >= 11 is 1.99. The minimum atomic E-state index is 0.0487. The molecule has 2 rings (SSSR count). The Balaban J connectivity index is 1.89. The summed E-state index contributed by atoms with van der Waals surface area (Å²) in [5.41, 5.74) is 8.29. The molecule has 1 fully saturated rings. The monoisotopic (exact) mass is 307 g/mol. The van der Waals surface area contributed by atoms with Crippen molar-refractivity contribution >= 4 is 29.0 Å². The third-order valence-electron chi connectivity index (χ3n) is 3.82. The minimum absolute atomic E-state index is 0.0487. The molecule has 0 atom stereocenters. The van der Waals surface area contributed by atoms with Gasteiger partial charge in [0.2, 0.25) is 5.91 Å². The lowest BCUT2D eigenvalue weighted by Gasteiger charge is -2.22. The first-order valence-corrected chi connectivity index (χ1v) is 8.37. The Morgan fingerprint density at radius 3 is 2.90 bits per heavy atom. The number of thioether (sulfide) groups is 1. The van der Waals surface area contributed by atoms with Crippen LogP contribution in [0.2, 0.25) is 0 Å². The number of carbonyl (C=O) groups excluding carboxylic acids is 1. The fourth-order valence-corrected chi connectivity index (χ4v) is 3.58. The molecule has 1 aromatic rings. The van der Waals surface area contributed by atoms with Crippen molar-refractivity contribution in [2.75, 3.05) is 36.4 Å². The number of anilines is 2. The highest BCUT2D eigenvalue weighted by Gasteiger charge is 2.24. The number of nitrogens with one attached hydrogen (secondary N) is 1. The average Bonchev–Trinajstić information content (AvgIpc) is 2.54. The topological polar surface area (TPSA) is 58.4 Å². The quantitative estimate of drug-likeness (QED) is 0.843. The van der Waals surface area contributed by atoms with Gasteiger partial charge in [-0.1, -0.05) is 13.8 Å². The smallest absolute Gasteiger partial charge is 0.238 e. The first-order valence-electron chi connectivity index (χ1n) is 7.38. The Kier molecular flexibility index (Phi) is 5.17. The van der Waals surface area contributed by atoms with Gasteiger partial charge >= 0.3 is 0 Å². The second kappa shape index (κ2) is 6.71. The summed E-state index contributed by atoms with van der Waals surface area (Å²) in [5, 5.41) is 2.98. The van der Waals surface area contributed by atoms with E-state index in [0.29, 0.717) is 11.3 Å². The van der Waals surface area contributed by atoms with E-state index in [2.05, 4.69) is 24.1 Å². The highest BCUT2D eigenvalue weighted by atomic mass is 32.2. The van der Waals surface area contributed by atoms with Crippen LogP contribution in [0.3, 0.4) is 0 Å². The fraction of sp³-hybridized carbons (Fsp3) is 0.562. The molecule has 0 aliphatic carbocycles. The molecule has 1 aliphatic rings. The van der Waals surface area contributed by atoms with Crippen LogP contribution in [0.4, 0.5) is 11.4 Å². The van der Waals surface area contributed by atoms with Gasteiger partial charge < -0.3 is 11.1 Å². The average molecular weight is 307 g/mol. The molecule has 0 unspecified atom stereocenters. The molecule has 0 aromatic heterocycles. The van der Waals surface area contributed by atoms with Crippen LogP contribution in [-0.2, 0) is 4.79 Å². The van der Waals surface area contributed by atoms with E-state index in [9.17, 15) is 4.79 Å². The Morgan fingerprint density at radius 1 is 1.43 bits per heavy atom. The Morgan fingerprint density at radius 2 is 2.19 bits per heavy atom. The lowest BCUT2D eigenvalue weighted by atomic mass is 10.1. The molecular weight excluding hydrogens is 282 g/mol. The van der Waals surface area contributed by atoms with Crippen LogP contribution in [0.5, 0.6) is 0 Å². The van der Waals surface area contributed by atoms with Crippen molar-refractivity contribution in [2.24, 2.45) is 0 Å². The van der Waals surface area contributed by atoms with Crippen LogP contribution in [-0.4, -0.2) is 40.9 Å². The normalized spacial score (nSPS) is 19.0. The van der Waals surface area contributed by atoms with Gasteiger partial charge in [0.05, 0.1) is 6.54 Å². The van der Waals surface area contributed by atoms with Crippen molar-refractivity contribution in [1.82, 2.24) is 4.90 Å². The molecule has 1 saturated heterocycles. The van der Waals surface area contributed by atoms with Crippen molar-refractivity contribution in [2.45, 2.75) is 31.9 Å². The molecule has 21 heavy (non-hydrogen) atoms. The highest BCUT2D eigenvalue weighted by Crippen LogP contribution is 2.30. The standard InChI is InChI=1S/C16H25N3OS/c1-12-10-13(17)4-5-14(12)18-15(20)11-19-7-6-16(2,3)21-9-8-19/h4-5,10H,6-9,11,17H2,1-3H3,(H,18,20). The van der Waals surface area contributed by atoms with Crippen LogP contribution in [0.15, 0.2) is 18.2 Å². The number of nitrogen functional groups attached to an aromatic ring is 1. The number of aryl methyl sites for hydroxylation is 1. The molecule has 1 heterocycles. The zero-order chi connectivity index (χ0) is 15.5. The summed E-state index contributed by atoms with van der Waals surface area (Å²) in [7, 11) is 0. The first kappa shape index (κ1) is 16.2. The van der Waals surface area contributed by atoms with Gasteiger partial charge in [-0.05, 0) is 37.1 Å². The second-order valence-electron chi connectivity index (χ2n) is 6.26. The third kappa shape index (κ3) is 4.93. The Labute approximate surface area is 131 Å². The number of nitrogens with zero attached hydrogens (tertiary/aromatic N) is 1. The molecule has 5 heteroatoms. The first-order chi connectivity index (χ1) is 9.85.